The third-order valence-corrected chi connectivity index (χ3v) is 4.22. The monoisotopic (exact) mass is 254 g/mol. The molecule has 1 aliphatic rings. The second kappa shape index (κ2) is 8.92. The Morgan fingerprint density at radius 1 is 1.00 bits per heavy atom. The van der Waals surface area contributed by atoms with Crippen LogP contribution in [0.15, 0.2) is 0 Å². The van der Waals surface area contributed by atoms with Crippen molar-refractivity contribution in [1.82, 2.24) is 10.2 Å². The number of likely N-dealkylation sites (N-methyl/N-ethyl adjacent to an activating group) is 1. The molecule has 18 heavy (non-hydrogen) atoms. The van der Waals surface area contributed by atoms with Gasteiger partial charge in [-0.3, -0.25) is 0 Å². The van der Waals surface area contributed by atoms with Gasteiger partial charge < -0.3 is 10.2 Å². The van der Waals surface area contributed by atoms with Crippen molar-refractivity contribution in [2.45, 2.75) is 77.3 Å². The highest BCUT2D eigenvalue weighted by atomic mass is 15.1. The van der Waals surface area contributed by atoms with Crippen LogP contribution in [0, 0.1) is 5.92 Å². The van der Waals surface area contributed by atoms with E-state index >= 15 is 0 Å². The van der Waals surface area contributed by atoms with Gasteiger partial charge in [-0.15, -0.1) is 0 Å². The Morgan fingerprint density at radius 3 is 2.06 bits per heavy atom. The van der Waals surface area contributed by atoms with E-state index in [4.69, 9.17) is 0 Å². The van der Waals surface area contributed by atoms with Crippen molar-refractivity contribution in [2.75, 3.05) is 20.6 Å². The van der Waals surface area contributed by atoms with Gasteiger partial charge in [-0.1, -0.05) is 46.0 Å². The first kappa shape index (κ1) is 16.0. The van der Waals surface area contributed by atoms with Crippen molar-refractivity contribution in [3.63, 3.8) is 0 Å². The first-order chi connectivity index (χ1) is 8.59. The highest BCUT2D eigenvalue weighted by Crippen LogP contribution is 2.17. The quantitative estimate of drug-likeness (QED) is 0.778. The van der Waals surface area contributed by atoms with E-state index in [1.165, 1.54) is 51.4 Å². The summed E-state index contributed by atoms with van der Waals surface area (Å²) in [5, 5.41) is 3.83. The fraction of sp³-hybridized carbons (Fsp3) is 1.00. The first-order valence-corrected chi connectivity index (χ1v) is 7.99. The molecule has 1 N–H and O–H groups in total. The van der Waals surface area contributed by atoms with Crippen LogP contribution < -0.4 is 5.32 Å². The summed E-state index contributed by atoms with van der Waals surface area (Å²) < 4.78 is 0. The molecular formula is C16H34N2. The van der Waals surface area contributed by atoms with Gasteiger partial charge >= 0.3 is 0 Å². The van der Waals surface area contributed by atoms with Gasteiger partial charge in [0.05, 0.1) is 0 Å². The number of hydrogen-bond acceptors (Lipinski definition) is 2. The molecular weight excluding hydrogens is 220 g/mol. The van der Waals surface area contributed by atoms with Crippen LogP contribution in [0.2, 0.25) is 0 Å². The molecule has 1 fully saturated rings. The zero-order valence-corrected chi connectivity index (χ0v) is 13.0. The second-order valence-electron chi connectivity index (χ2n) is 6.70. The predicted molar refractivity (Wildman–Crippen MR) is 81.0 cm³/mol. The summed E-state index contributed by atoms with van der Waals surface area (Å²) in [4.78, 5) is 2.38. The van der Waals surface area contributed by atoms with E-state index in [0.717, 1.165) is 18.5 Å². The first-order valence-electron chi connectivity index (χ1n) is 7.99. The van der Waals surface area contributed by atoms with Crippen molar-refractivity contribution in [3.8, 4) is 0 Å². The van der Waals surface area contributed by atoms with Crippen LogP contribution in [-0.4, -0.2) is 37.6 Å². The van der Waals surface area contributed by atoms with E-state index in [-0.39, 0.29) is 0 Å². The Bertz CT molecular complexity index is 193. The van der Waals surface area contributed by atoms with Gasteiger partial charge in [0.15, 0.2) is 0 Å². The van der Waals surface area contributed by atoms with E-state index in [0.29, 0.717) is 6.04 Å². The lowest BCUT2D eigenvalue weighted by molar-refractivity contribution is 0.234. The van der Waals surface area contributed by atoms with Crippen molar-refractivity contribution in [2.24, 2.45) is 5.92 Å². The smallest absolute Gasteiger partial charge is 0.0217 e. The summed E-state index contributed by atoms with van der Waals surface area (Å²) in [5.41, 5.74) is 0. The molecule has 0 aromatic carbocycles. The van der Waals surface area contributed by atoms with Crippen LogP contribution in [-0.2, 0) is 0 Å². The summed E-state index contributed by atoms with van der Waals surface area (Å²) >= 11 is 0. The van der Waals surface area contributed by atoms with Gasteiger partial charge in [-0.05, 0) is 39.3 Å². The van der Waals surface area contributed by atoms with Crippen LogP contribution in [0.5, 0.6) is 0 Å². The molecule has 0 aliphatic heterocycles. The van der Waals surface area contributed by atoms with Gasteiger partial charge in [0.25, 0.3) is 0 Å². The summed E-state index contributed by atoms with van der Waals surface area (Å²) in [7, 11) is 4.43. The minimum atomic E-state index is 0.690. The lowest BCUT2D eigenvalue weighted by Gasteiger charge is -2.29. The summed E-state index contributed by atoms with van der Waals surface area (Å²) in [5.74, 6) is 0.788. The van der Waals surface area contributed by atoms with Gasteiger partial charge in [0.1, 0.15) is 0 Å². The van der Waals surface area contributed by atoms with Crippen molar-refractivity contribution in [1.29, 1.82) is 0 Å². The topological polar surface area (TPSA) is 15.3 Å². The zero-order valence-electron chi connectivity index (χ0n) is 13.0. The fourth-order valence-electron chi connectivity index (χ4n) is 2.98. The molecule has 2 heteroatoms. The van der Waals surface area contributed by atoms with E-state index in [1.54, 1.807) is 0 Å². The van der Waals surface area contributed by atoms with Crippen molar-refractivity contribution >= 4 is 0 Å². The highest BCUT2D eigenvalue weighted by Gasteiger charge is 2.16. The molecule has 0 amide bonds. The molecule has 1 atom stereocenters. The highest BCUT2D eigenvalue weighted by molar-refractivity contribution is 4.76. The Labute approximate surface area is 115 Å². The molecule has 1 aliphatic carbocycles. The summed E-state index contributed by atoms with van der Waals surface area (Å²) in [6.07, 6.45) is 11.3. The van der Waals surface area contributed by atoms with Crippen LogP contribution in [0.4, 0.5) is 0 Å². The molecule has 1 unspecified atom stereocenters. The Morgan fingerprint density at radius 2 is 1.56 bits per heavy atom. The lowest BCUT2D eigenvalue weighted by atomic mass is 9.96. The molecule has 0 aromatic heterocycles. The second-order valence-corrected chi connectivity index (χ2v) is 6.70. The molecule has 0 bridgehead atoms. The third-order valence-electron chi connectivity index (χ3n) is 4.22. The van der Waals surface area contributed by atoms with E-state index in [9.17, 15) is 0 Å². The minimum Gasteiger partial charge on any atom is -0.312 e. The van der Waals surface area contributed by atoms with Crippen LogP contribution >= 0.6 is 0 Å². The standard InChI is InChI=1S/C16H34N2/c1-14(2)12-16(18(3)4)13-17-15-10-8-6-5-7-9-11-15/h14-17H,5-13H2,1-4H3. The fourth-order valence-corrected chi connectivity index (χ4v) is 2.98. The maximum atomic E-state index is 3.83. The number of rotatable bonds is 6. The molecule has 0 aromatic rings. The largest absolute Gasteiger partial charge is 0.312 e. The Kier molecular flexibility index (Phi) is 7.92. The molecule has 1 saturated carbocycles. The van der Waals surface area contributed by atoms with Crippen LogP contribution in [0.1, 0.15) is 65.2 Å². The molecule has 1 rings (SSSR count). The van der Waals surface area contributed by atoms with Crippen LogP contribution in [0.3, 0.4) is 0 Å². The van der Waals surface area contributed by atoms with Gasteiger partial charge in [0, 0.05) is 18.6 Å². The normalized spacial score (nSPS) is 21.0. The molecule has 108 valence electrons. The maximum absolute atomic E-state index is 3.83. The Hall–Kier alpha value is -0.0800. The maximum Gasteiger partial charge on any atom is 0.0217 e. The number of nitrogens with one attached hydrogen (secondary N) is 1. The van der Waals surface area contributed by atoms with Gasteiger partial charge in [-0.25, -0.2) is 0 Å². The molecule has 2 nitrogen and oxygen atoms in total. The summed E-state index contributed by atoms with van der Waals surface area (Å²) in [6.45, 7) is 5.81. The SMILES string of the molecule is CC(C)CC(CNC1CCCCCCC1)N(C)C. The predicted octanol–water partition coefficient (Wildman–Crippen LogP) is 3.67. The third kappa shape index (κ3) is 6.75. The van der Waals surface area contributed by atoms with Crippen LogP contribution in [0.25, 0.3) is 0 Å². The molecule has 0 spiro atoms. The molecule has 0 heterocycles. The Balaban J connectivity index is 2.30. The lowest BCUT2D eigenvalue weighted by Crippen LogP contribution is -2.42. The van der Waals surface area contributed by atoms with Gasteiger partial charge in [-0.2, -0.15) is 0 Å². The van der Waals surface area contributed by atoms with Gasteiger partial charge in [0.2, 0.25) is 0 Å². The number of nitrogens with zero attached hydrogens (tertiary/aromatic N) is 1. The summed E-state index contributed by atoms with van der Waals surface area (Å²) in [6, 6.07) is 1.47. The van der Waals surface area contributed by atoms with E-state index < -0.39 is 0 Å². The average molecular weight is 254 g/mol. The number of hydrogen-bond donors (Lipinski definition) is 1. The molecule has 0 radical (unpaired) electrons. The average Bonchev–Trinajstić information content (AvgIpc) is 2.24. The van der Waals surface area contributed by atoms with Crippen molar-refractivity contribution < 1.29 is 0 Å². The minimum absolute atomic E-state index is 0.690. The zero-order chi connectivity index (χ0) is 13.4. The van der Waals surface area contributed by atoms with E-state index in [2.05, 4.69) is 38.2 Å². The van der Waals surface area contributed by atoms with E-state index in [1.807, 2.05) is 0 Å². The molecule has 0 saturated heterocycles. The van der Waals surface area contributed by atoms with Crippen molar-refractivity contribution in [3.05, 3.63) is 0 Å².